The van der Waals surface area contributed by atoms with Crippen molar-refractivity contribution in [2.75, 3.05) is 0 Å². The molecule has 0 aliphatic heterocycles. The summed E-state index contributed by atoms with van der Waals surface area (Å²) < 4.78 is 5.49. The van der Waals surface area contributed by atoms with Gasteiger partial charge in [-0.2, -0.15) is 0 Å². The third-order valence-corrected chi connectivity index (χ3v) is 6.06. The zero-order valence-corrected chi connectivity index (χ0v) is 20.8. The molecule has 4 heteroatoms. The molecule has 0 radical (unpaired) electrons. The number of carboxylic acid groups (broad SMARTS) is 1. The maximum Gasteiger partial charge on any atom is 0.307 e. The van der Waals surface area contributed by atoms with Gasteiger partial charge in [-0.25, -0.2) is 0 Å². The standard InChI is InChI=1S/C27H52O4/c1-3-5-7-9-11-12-13-14-15-17-19-21-23-27(30)31-25(24-26(28)29)22-20-18-16-10-8-6-4-2/h25H,3-24H2,1-2H3,(H,28,29). The average Bonchev–Trinajstić information content (AvgIpc) is 2.73. The summed E-state index contributed by atoms with van der Waals surface area (Å²) in [5.74, 6) is -1.10. The molecule has 0 saturated carbocycles. The van der Waals surface area contributed by atoms with Gasteiger partial charge in [0.05, 0.1) is 6.42 Å². The maximum absolute atomic E-state index is 12.1. The zero-order valence-electron chi connectivity index (χ0n) is 20.8. The van der Waals surface area contributed by atoms with Crippen LogP contribution in [0.15, 0.2) is 0 Å². The van der Waals surface area contributed by atoms with E-state index < -0.39 is 12.1 Å². The highest BCUT2D eigenvalue weighted by molar-refractivity contribution is 5.71. The molecule has 31 heavy (non-hydrogen) atoms. The minimum absolute atomic E-state index is 0.0694. The molecule has 0 bridgehead atoms. The molecule has 0 aliphatic carbocycles. The number of hydrogen-bond donors (Lipinski definition) is 1. The second-order valence-electron chi connectivity index (χ2n) is 9.26. The molecule has 4 nitrogen and oxygen atoms in total. The Morgan fingerprint density at radius 1 is 0.613 bits per heavy atom. The lowest BCUT2D eigenvalue weighted by Crippen LogP contribution is -2.21. The van der Waals surface area contributed by atoms with Gasteiger partial charge < -0.3 is 9.84 Å². The van der Waals surface area contributed by atoms with Crippen LogP contribution in [0.1, 0.15) is 155 Å². The predicted octanol–water partition coefficient (Wildman–Crippen LogP) is 8.60. The van der Waals surface area contributed by atoms with Gasteiger partial charge in [-0.15, -0.1) is 0 Å². The SMILES string of the molecule is CCCCCCCCCCCCCCC(=O)OC(CCCCCCCCC)CC(=O)O. The highest BCUT2D eigenvalue weighted by atomic mass is 16.5. The van der Waals surface area contributed by atoms with E-state index in [-0.39, 0.29) is 12.4 Å². The van der Waals surface area contributed by atoms with Crippen molar-refractivity contribution in [2.24, 2.45) is 0 Å². The third-order valence-electron chi connectivity index (χ3n) is 6.06. The first-order valence-electron chi connectivity index (χ1n) is 13.5. The van der Waals surface area contributed by atoms with Crippen molar-refractivity contribution in [2.45, 2.75) is 161 Å². The molecule has 0 spiro atoms. The molecule has 0 fully saturated rings. The number of carboxylic acids is 1. The average molecular weight is 441 g/mol. The van der Waals surface area contributed by atoms with Crippen LogP contribution in [-0.4, -0.2) is 23.1 Å². The van der Waals surface area contributed by atoms with E-state index >= 15 is 0 Å². The van der Waals surface area contributed by atoms with Crippen molar-refractivity contribution >= 4 is 11.9 Å². The van der Waals surface area contributed by atoms with E-state index in [0.717, 1.165) is 25.7 Å². The van der Waals surface area contributed by atoms with Crippen molar-refractivity contribution in [3.05, 3.63) is 0 Å². The van der Waals surface area contributed by atoms with Gasteiger partial charge in [-0.1, -0.05) is 123 Å². The van der Waals surface area contributed by atoms with Crippen LogP contribution in [0.5, 0.6) is 0 Å². The van der Waals surface area contributed by atoms with E-state index in [1.54, 1.807) is 0 Å². The second kappa shape index (κ2) is 23.6. The van der Waals surface area contributed by atoms with Gasteiger partial charge in [-0.05, 0) is 19.3 Å². The van der Waals surface area contributed by atoms with Crippen LogP contribution in [0.25, 0.3) is 0 Å². The molecule has 0 rings (SSSR count). The minimum Gasteiger partial charge on any atom is -0.481 e. The van der Waals surface area contributed by atoms with E-state index in [1.165, 1.54) is 96.3 Å². The van der Waals surface area contributed by atoms with Crippen molar-refractivity contribution in [3.63, 3.8) is 0 Å². The van der Waals surface area contributed by atoms with Crippen molar-refractivity contribution in [1.82, 2.24) is 0 Å². The maximum atomic E-state index is 12.1. The van der Waals surface area contributed by atoms with Crippen LogP contribution in [0.3, 0.4) is 0 Å². The molecule has 0 aromatic carbocycles. The Morgan fingerprint density at radius 2 is 1.00 bits per heavy atom. The number of aliphatic carboxylic acids is 1. The molecule has 1 N–H and O–H groups in total. The lowest BCUT2D eigenvalue weighted by atomic mass is 10.0. The number of hydrogen-bond acceptors (Lipinski definition) is 3. The smallest absolute Gasteiger partial charge is 0.307 e. The van der Waals surface area contributed by atoms with E-state index in [4.69, 9.17) is 9.84 Å². The Labute approximate surface area is 192 Å². The minimum atomic E-state index is -0.883. The second-order valence-corrected chi connectivity index (χ2v) is 9.26. The number of rotatable bonds is 24. The van der Waals surface area contributed by atoms with Crippen LogP contribution in [0.4, 0.5) is 0 Å². The highest BCUT2D eigenvalue weighted by Gasteiger charge is 2.17. The van der Waals surface area contributed by atoms with Gasteiger partial charge >= 0.3 is 11.9 Å². The van der Waals surface area contributed by atoms with Crippen LogP contribution >= 0.6 is 0 Å². The lowest BCUT2D eigenvalue weighted by molar-refractivity contribution is -0.153. The Balaban J connectivity index is 3.68. The van der Waals surface area contributed by atoms with Gasteiger partial charge in [0.1, 0.15) is 6.10 Å². The molecular weight excluding hydrogens is 388 g/mol. The molecule has 184 valence electrons. The number of unbranched alkanes of at least 4 members (excludes halogenated alkanes) is 17. The third kappa shape index (κ3) is 23.4. The molecule has 0 heterocycles. The van der Waals surface area contributed by atoms with Crippen molar-refractivity contribution < 1.29 is 19.4 Å². The summed E-state index contributed by atoms with van der Waals surface area (Å²) in [7, 11) is 0. The summed E-state index contributed by atoms with van der Waals surface area (Å²) in [6.07, 6.45) is 24.0. The number of carbonyl (C=O) groups excluding carboxylic acids is 1. The van der Waals surface area contributed by atoms with E-state index in [9.17, 15) is 9.59 Å². The summed E-state index contributed by atoms with van der Waals surface area (Å²) in [6.45, 7) is 4.47. The zero-order chi connectivity index (χ0) is 23.0. The summed E-state index contributed by atoms with van der Waals surface area (Å²) in [5, 5.41) is 9.09. The van der Waals surface area contributed by atoms with Crippen molar-refractivity contribution in [3.8, 4) is 0 Å². The Hall–Kier alpha value is -1.06. The Kier molecular flexibility index (Phi) is 22.8. The topological polar surface area (TPSA) is 63.6 Å². The van der Waals surface area contributed by atoms with Crippen molar-refractivity contribution in [1.29, 1.82) is 0 Å². The highest BCUT2D eigenvalue weighted by Crippen LogP contribution is 2.16. The lowest BCUT2D eigenvalue weighted by Gasteiger charge is -2.16. The van der Waals surface area contributed by atoms with E-state index in [1.807, 2.05) is 0 Å². The number of carbonyl (C=O) groups is 2. The Morgan fingerprint density at radius 3 is 1.42 bits per heavy atom. The molecular formula is C27H52O4. The summed E-state index contributed by atoms with van der Waals surface area (Å²) in [4.78, 5) is 23.2. The fraction of sp³-hybridized carbons (Fsp3) is 0.926. The van der Waals surface area contributed by atoms with Crippen LogP contribution in [-0.2, 0) is 14.3 Å². The van der Waals surface area contributed by atoms with Gasteiger partial charge in [0.25, 0.3) is 0 Å². The fourth-order valence-electron chi connectivity index (χ4n) is 4.08. The molecule has 0 amide bonds. The Bertz CT molecular complexity index is 408. The first-order valence-corrected chi connectivity index (χ1v) is 13.5. The summed E-state index contributed by atoms with van der Waals surface area (Å²) >= 11 is 0. The van der Waals surface area contributed by atoms with Gasteiger partial charge in [-0.3, -0.25) is 9.59 Å². The molecule has 1 unspecified atom stereocenters. The van der Waals surface area contributed by atoms with Crippen LogP contribution < -0.4 is 0 Å². The van der Waals surface area contributed by atoms with Gasteiger partial charge in [0.15, 0.2) is 0 Å². The van der Waals surface area contributed by atoms with E-state index in [0.29, 0.717) is 12.8 Å². The molecule has 1 atom stereocenters. The quantitative estimate of drug-likeness (QED) is 0.120. The van der Waals surface area contributed by atoms with E-state index in [2.05, 4.69) is 13.8 Å². The normalized spacial score (nSPS) is 12.1. The first kappa shape index (κ1) is 29.9. The fourth-order valence-corrected chi connectivity index (χ4v) is 4.08. The van der Waals surface area contributed by atoms with Crippen LogP contribution in [0.2, 0.25) is 0 Å². The first-order chi connectivity index (χ1) is 15.1. The number of ether oxygens (including phenoxy) is 1. The molecule has 0 aliphatic rings. The summed E-state index contributed by atoms with van der Waals surface area (Å²) in [5.41, 5.74) is 0. The number of esters is 1. The van der Waals surface area contributed by atoms with Gasteiger partial charge in [0.2, 0.25) is 0 Å². The predicted molar refractivity (Wildman–Crippen MR) is 130 cm³/mol. The monoisotopic (exact) mass is 440 g/mol. The molecule has 0 aromatic rings. The molecule has 0 saturated heterocycles. The molecule has 0 aromatic heterocycles. The summed E-state index contributed by atoms with van der Waals surface area (Å²) in [6, 6.07) is 0. The van der Waals surface area contributed by atoms with Gasteiger partial charge in [0, 0.05) is 6.42 Å². The largest absolute Gasteiger partial charge is 0.481 e. The van der Waals surface area contributed by atoms with Crippen LogP contribution in [0, 0.1) is 0 Å².